The van der Waals surface area contributed by atoms with Crippen molar-refractivity contribution in [2.24, 2.45) is 0 Å². The van der Waals surface area contributed by atoms with Crippen molar-refractivity contribution in [1.29, 1.82) is 0 Å². The quantitative estimate of drug-likeness (QED) is 0.387. The minimum absolute atomic E-state index is 0.114. The van der Waals surface area contributed by atoms with Crippen LogP contribution in [-0.2, 0) is 10.8 Å². The molecule has 0 atom stereocenters. The van der Waals surface area contributed by atoms with Crippen molar-refractivity contribution in [2.75, 3.05) is 5.32 Å². The molecule has 4 aromatic rings. The molecule has 2 nitrogen and oxygen atoms in total. The van der Waals surface area contributed by atoms with Crippen LogP contribution in [0.2, 0.25) is 0 Å². The number of furan rings is 1. The van der Waals surface area contributed by atoms with Gasteiger partial charge in [0.1, 0.15) is 11.2 Å². The molecule has 0 aliphatic heterocycles. The second-order valence-electron chi connectivity index (χ2n) is 9.73. The van der Waals surface area contributed by atoms with Crippen LogP contribution >= 0.6 is 0 Å². The second kappa shape index (κ2) is 6.41. The molecule has 0 fully saturated rings. The summed E-state index contributed by atoms with van der Waals surface area (Å²) in [6, 6.07) is 21.5. The summed E-state index contributed by atoms with van der Waals surface area (Å²) in [5.74, 6) is 0. The molecular formula is C26H29NO. The van der Waals surface area contributed by atoms with Crippen molar-refractivity contribution >= 4 is 33.3 Å². The first kappa shape index (κ1) is 18.6. The van der Waals surface area contributed by atoms with E-state index in [0.29, 0.717) is 0 Å². The smallest absolute Gasteiger partial charge is 0.135 e. The number of benzene rings is 3. The molecule has 1 aromatic heterocycles. The Hall–Kier alpha value is -2.74. The van der Waals surface area contributed by atoms with Crippen molar-refractivity contribution in [1.82, 2.24) is 0 Å². The van der Waals surface area contributed by atoms with Crippen molar-refractivity contribution in [3.63, 3.8) is 0 Å². The third kappa shape index (κ3) is 3.52. The van der Waals surface area contributed by atoms with Crippen molar-refractivity contribution < 1.29 is 4.42 Å². The predicted octanol–water partition coefficient (Wildman–Crippen LogP) is 7.92. The summed E-state index contributed by atoms with van der Waals surface area (Å²) in [4.78, 5) is 0. The summed E-state index contributed by atoms with van der Waals surface area (Å²) in [7, 11) is 0. The Morgan fingerprint density at radius 1 is 0.571 bits per heavy atom. The maximum absolute atomic E-state index is 6.05. The maximum Gasteiger partial charge on any atom is 0.135 e. The lowest BCUT2D eigenvalue weighted by Gasteiger charge is -2.19. The average molecular weight is 372 g/mol. The van der Waals surface area contributed by atoms with Crippen molar-refractivity contribution in [3.8, 4) is 0 Å². The zero-order valence-corrected chi connectivity index (χ0v) is 17.7. The fourth-order valence-electron chi connectivity index (χ4n) is 3.54. The first-order valence-electron chi connectivity index (χ1n) is 9.96. The molecule has 0 aliphatic carbocycles. The first-order valence-corrected chi connectivity index (χ1v) is 9.96. The number of nitrogens with one attached hydrogen (secondary N) is 1. The summed E-state index contributed by atoms with van der Waals surface area (Å²) in [6.45, 7) is 13.4. The molecule has 28 heavy (non-hydrogen) atoms. The zero-order chi connectivity index (χ0) is 20.1. The molecular weight excluding hydrogens is 342 g/mol. The highest BCUT2D eigenvalue weighted by Crippen LogP contribution is 2.35. The molecule has 0 saturated carbocycles. The van der Waals surface area contributed by atoms with Gasteiger partial charge in [-0.05, 0) is 64.4 Å². The number of hydrogen-bond acceptors (Lipinski definition) is 2. The number of anilines is 2. The number of hydrogen-bond donors (Lipinski definition) is 1. The minimum atomic E-state index is 0.114. The van der Waals surface area contributed by atoms with E-state index in [9.17, 15) is 0 Å². The Bertz CT molecular complexity index is 1140. The van der Waals surface area contributed by atoms with Crippen LogP contribution in [0.25, 0.3) is 21.9 Å². The molecule has 144 valence electrons. The third-order valence-electron chi connectivity index (χ3n) is 5.37. The molecule has 0 saturated heterocycles. The van der Waals surface area contributed by atoms with Crippen LogP contribution in [0.1, 0.15) is 52.7 Å². The molecule has 1 N–H and O–H groups in total. The van der Waals surface area contributed by atoms with Crippen LogP contribution in [0.4, 0.5) is 11.4 Å². The van der Waals surface area contributed by atoms with Gasteiger partial charge in [0.15, 0.2) is 0 Å². The highest BCUT2D eigenvalue weighted by molar-refractivity contribution is 6.06. The van der Waals surface area contributed by atoms with Gasteiger partial charge in [0, 0.05) is 22.1 Å². The van der Waals surface area contributed by atoms with E-state index < -0.39 is 0 Å². The number of fused-ring (bicyclic) bond motifs is 3. The number of rotatable bonds is 2. The molecule has 4 rings (SSSR count). The molecule has 1 heterocycles. The lowest BCUT2D eigenvalue weighted by molar-refractivity contribution is 0.590. The van der Waals surface area contributed by atoms with Gasteiger partial charge >= 0.3 is 0 Å². The van der Waals surface area contributed by atoms with E-state index in [1.165, 1.54) is 16.5 Å². The molecule has 0 amide bonds. The van der Waals surface area contributed by atoms with Crippen LogP contribution < -0.4 is 5.32 Å². The highest BCUT2D eigenvalue weighted by Gasteiger charge is 2.16. The highest BCUT2D eigenvalue weighted by atomic mass is 16.3. The Morgan fingerprint density at radius 2 is 1.07 bits per heavy atom. The Morgan fingerprint density at radius 3 is 1.68 bits per heavy atom. The molecule has 0 bridgehead atoms. The SMILES string of the molecule is CC(C)(C)c1ccc(Nc2ccc3oc4ccc(C(C)(C)C)cc4c3c2)cc1. The fraction of sp³-hybridized carbons (Fsp3) is 0.308. The van der Waals surface area contributed by atoms with E-state index in [2.05, 4.69) is 108 Å². The molecule has 3 aromatic carbocycles. The van der Waals surface area contributed by atoms with Crippen LogP contribution in [0.15, 0.2) is 65.1 Å². The maximum atomic E-state index is 6.05. The normalized spacial score (nSPS) is 12.6. The van der Waals surface area contributed by atoms with Crippen LogP contribution in [0.5, 0.6) is 0 Å². The monoisotopic (exact) mass is 371 g/mol. The Labute approximate surface area is 167 Å². The predicted molar refractivity (Wildman–Crippen MR) is 121 cm³/mol. The standard InChI is InChI=1S/C26H29NO/c1-25(2,3)17-7-10-19(11-8-17)27-20-12-14-24-22(16-20)21-15-18(26(4,5)6)9-13-23(21)28-24/h7-16,27H,1-6H3. The summed E-state index contributed by atoms with van der Waals surface area (Å²) in [6.07, 6.45) is 0. The fourth-order valence-corrected chi connectivity index (χ4v) is 3.54. The largest absolute Gasteiger partial charge is 0.456 e. The van der Waals surface area contributed by atoms with Gasteiger partial charge in [0.25, 0.3) is 0 Å². The van der Waals surface area contributed by atoms with Gasteiger partial charge in [-0.25, -0.2) is 0 Å². The topological polar surface area (TPSA) is 25.2 Å². The Kier molecular flexibility index (Phi) is 4.26. The van der Waals surface area contributed by atoms with Crippen molar-refractivity contribution in [3.05, 3.63) is 71.8 Å². The van der Waals surface area contributed by atoms with E-state index in [1.807, 2.05) is 0 Å². The third-order valence-corrected chi connectivity index (χ3v) is 5.37. The van der Waals surface area contributed by atoms with Gasteiger partial charge in [-0.2, -0.15) is 0 Å². The van der Waals surface area contributed by atoms with Crippen LogP contribution in [0.3, 0.4) is 0 Å². The molecule has 2 heteroatoms. The van der Waals surface area contributed by atoms with E-state index >= 15 is 0 Å². The van der Waals surface area contributed by atoms with E-state index in [4.69, 9.17) is 4.42 Å². The van der Waals surface area contributed by atoms with Gasteiger partial charge in [0.05, 0.1) is 0 Å². The molecule has 0 unspecified atom stereocenters. The Balaban J connectivity index is 1.71. The summed E-state index contributed by atoms with van der Waals surface area (Å²) >= 11 is 0. The lowest BCUT2D eigenvalue weighted by atomic mass is 9.86. The van der Waals surface area contributed by atoms with Crippen LogP contribution in [-0.4, -0.2) is 0 Å². The van der Waals surface area contributed by atoms with Crippen molar-refractivity contribution in [2.45, 2.75) is 52.4 Å². The van der Waals surface area contributed by atoms with Gasteiger partial charge in [-0.15, -0.1) is 0 Å². The van der Waals surface area contributed by atoms with Gasteiger partial charge < -0.3 is 9.73 Å². The second-order valence-corrected chi connectivity index (χ2v) is 9.73. The van der Waals surface area contributed by atoms with Crippen LogP contribution in [0, 0.1) is 0 Å². The molecule has 0 aliphatic rings. The first-order chi connectivity index (χ1) is 13.1. The minimum Gasteiger partial charge on any atom is -0.456 e. The van der Waals surface area contributed by atoms with E-state index in [-0.39, 0.29) is 10.8 Å². The summed E-state index contributed by atoms with van der Waals surface area (Å²) < 4.78 is 6.05. The van der Waals surface area contributed by atoms with E-state index in [0.717, 1.165) is 27.9 Å². The van der Waals surface area contributed by atoms with Gasteiger partial charge in [-0.3, -0.25) is 0 Å². The van der Waals surface area contributed by atoms with E-state index in [1.54, 1.807) is 0 Å². The summed E-state index contributed by atoms with van der Waals surface area (Å²) in [5.41, 5.74) is 6.96. The van der Waals surface area contributed by atoms with Gasteiger partial charge in [-0.1, -0.05) is 59.7 Å². The lowest BCUT2D eigenvalue weighted by Crippen LogP contribution is -2.10. The summed E-state index contributed by atoms with van der Waals surface area (Å²) in [5, 5.41) is 5.86. The zero-order valence-electron chi connectivity index (χ0n) is 17.7. The van der Waals surface area contributed by atoms with Gasteiger partial charge in [0.2, 0.25) is 0 Å². The molecule has 0 radical (unpaired) electrons. The molecule has 0 spiro atoms. The average Bonchev–Trinajstić information content (AvgIpc) is 2.98.